The third kappa shape index (κ3) is 2.24. The molecule has 0 aromatic heterocycles. The second-order valence-corrected chi connectivity index (χ2v) is 3.53. The van der Waals surface area contributed by atoms with Gasteiger partial charge in [-0.05, 0) is 42.5 Å². The standard InChI is InChI=1S/C12H18O/c1-4-6-10-7-9(3)8-12(13)11(10)5-2/h7-8,13H,4-6H2,1-3H3. The van der Waals surface area contributed by atoms with Gasteiger partial charge in [-0.1, -0.05) is 26.3 Å². The van der Waals surface area contributed by atoms with Gasteiger partial charge in [0.25, 0.3) is 0 Å². The Labute approximate surface area is 80.4 Å². The van der Waals surface area contributed by atoms with E-state index in [1.54, 1.807) is 0 Å². The van der Waals surface area contributed by atoms with Crippen molar-refractivity contribution in [3.05, 3.63) is 28.8 Å². The molecule has 13 heavy (non-hydrogen) atoms. The summed E-state index contributed by atoms with van der Waals surface area (Å²) in [4.78, 5) is 0. The Morgan fingerprint density at radius 3 is 2.46 bits per heavy atom. The number of aromatic hydroxyl groups is 1. The van der Waals surface area contributed by atoms with E-state index in [0.717, 1.165) is 30.4 Å². The van der Waals surface area contributed by atoms with E-state index in [9.17, 15) is 5.11 Å². The molecule has 1 aromatic carbocycles. The molecule has 0 spiro atoms. The SMILES string of the molecule is CCCc1cc(C)cc(O)c1CC. The largest absolute Gasteiger partial charge is 0.508 e. The molecule has 0 unspecified atom stereocenters. The predicted octanol–water partition coefficient (Wildman–Crippen LogP) is 3.22. The minimum absolute atomic E-state index is 0.464. The number of hydrogen-bond donors (Lipinski definition) is 1. The zero-order chi connectivity index (χ0) is 9.84. The second kappa shape index (κ2) is 4.31. The molecule has 1 aromatic rings. The van der Waals surface area contributed by atoms with Crippen LogP contribution < -0.4 is 0 Å². The van der Waals surface area contributed by atoms with Crippen LogP contribution in [0, 0.1) is 6.92 Å². The number of benzene rings is 1. The van der Waals surface area contributed by atoms with E-state index in [2.05, 4.69) is 19.9 Å². The van der Waals surface area contributed by atoms with Gasteiger partial charge in [-0.25, -0.2) is 0 Å². The highest BCUT2D eigenvalue weighted by Gasteiger charge is 2.05. The zero-order valence-electron chi connectivity index (χ0n) is 8.72. The summed E-state index contributed by atoms with van der Waals surface area (Å²) in [5, 5.41) is 9.70. The molecule has 1 N–H and O–H groups in total. The maximum atomic E-state index is 9.70. The van der Waals surface area contributed by atoms with Crippen molar-refractivity contribution in [2.75, 3.05) is 0 Å². The van der Waals surface area contributed by atoms with E-state index in [1.807, 2.05) is 13.0 Å². The highest BCUT2D eigenvalue weighted by atomic mass is 16.3. The normalized spacial score (nSPS) is 10.4. The molecule has 0 fully saturated rings. The van der Waals surface area contributed by atoms with E-state index in [1.165, 1.54) is 5.56 Å². The lowest BCUT2D eigenvalue weighted by Gasteiger charge is -2.10. The van der Waals surface area contributed by atoms with Crippen molar-refractivity contribution in [1.29, 1.82) is 0 Å². The molecule has 0 aliphatic heterocycles. The number of rotatable bonds is 3. The fourth-order valence-corrected chi connectivity index (χ4v) is 1.77. The van der Waals surface area contributed by atoms with Crippen LogP contribution in [-0.2, 0) is 12.8 Å². The van der Waals surface area contributed by atoms with Gasteiger partial charge in [0.2, 0.25) is 0 Å². The molecule has 1 rings (SSSR count). The maximum absolute atomic E-state index is 9.70. The van der Waals surface area contributed by atoms with Crippen LogP contribution in [0.2, 0.25) is 0 Å². The van der Waals surface area contributed by atoms with Gasteiger partial charge in [0.05, 0.1) is 0 Å². The van der Waals surface area contributed by atoms with Crippen molar-refractivity contribution >= 4 is 0 Å². The quantitative estimate of drug-likeness (QED) is 0.753. The first-order valence-electron chi connectivity index (χ1n) is 5.00. The van der Waals surface area contributed by atoms with Crippen molar-refractivity contribution in [2.24, 2.45) is 0 Å². The van der Waals surface area contributed by atoms with Crippen molar-refractivity contribution in [1.82, 2.24) is 0 Å². The number of phenolic OH excluding ortho intramolecular Hbond substituents is 1. The van der Waals surface area contributed by atoms with Crippen LogP contribution in [0.25, 0.3) is 0 Å². The van der Waals surface area contributed by atoms with Gasteiger partial charge in [-0.15, -0.1) is 0 Å². The lowest BCUT2D eigenvalue weighted by atomic mass is 9.98. The first-order chi connectivity index (χ1) is 6.19. The summed E-state index contributed by atoms with van der Waals surface area (Å²) in [6.07, 6.45) is 3.12. The van der Waals surface area contributed by atoms with Crippen LogP contribution in [-0.4, -0.2) is 5.11 Å². The van der Waals surface area contributed by atoms with E-state index in [-0.39, 0.29) is 0 Å². The lowest BCUT2D eigenvalue weighted by Crippen LogP contribution is -1.94. The second-order valence-electron chi connectivity index (χ2n) is 3.53. The fraction of sp³-hybridized carbons (Fsp3) is 0.500. The zero-order valence-corrected chi connectivity index (χ0v) is 8.72. The van der Waals surface area contributed by atoms with Crippen molar-refractivity contribution in [3.8, 4) is 5.75 Å². The average Bonchev–Trinajstić information content (AvgIpc) is 2.04. The minimum Gasteiger partial charge on any atom is -0.508 e. The summed E-state index contributed by atoms with van der Waals surface area (Å²) in [7, 11) is 0. The van der Waals surface area contributed by atoms with E-state index in [4.69, 9.17) is 0 Å². The predicted molar refractivity (Wildman–Crippen MR) is 56.2 cm³/mol. The summed E-state index contributed by atoms with van der Waals surface area (Å²) in [6, 6.07) is 4.03. The monoisotopic (exact) mass is 178 g/mol. The van der Waals surface area contributed by atoms with Crippen molar-refractivity contribution in [3.63, 3.8) is 0 Å². The Bertz CT molecular complexity index is 289. The van der Waals surface area contributed by atoms with E-state index >= 15 is 0 Å². The molecule has 0 bridgehead atoms. The van der Waals surface area contributed by atoms with Gasteiger partial charge in [0.15, 0.2) is 0 Å². The van der Waals surface area contributed by atoms with Crippen LogP contribution in [0.5, 0.6) is 5.75 Å². The number of aryl methyl sites for hydroxylation is 2. The summed E-state index contributed by atoms with van der Waals surface area (Å²) in [5.41, 5.74) is 3.58. The molecule has 0 atom stereocenters. The molecule has 0 heterocycles. The van der Waals surface area contributed by atoms with Crippen LogP contribution in [0.4, 0.5) is 0 Å². The molecule has 1 nitrogen and oxygen atoms in total. The minimum atomic E-state index is 0.464. The third-order valence-corrected chi connectivity index (χ3v) is 2.34. The van der Waals surface area contributed by atoms with Crippen LogP contribution in [0.15, 0.2) is 12.1 Å². The Kier molecular flexibility index (Phi) is 3.35. The molecular weight excluding hydrogens is 160 g/mol. The van der Waals surface area contributed by atoms with Gasteiger partial charge < -0.3 is 5.11 Å². The van der Waals surface area contributed by atoms with Crippen LogP contribution in [0.3, 0.4) is 0 Å². The molecule has 0 aliphatic rings. The van der Waals surface area contributed by atoms with Crippen molar-refractivity contribution in [2.45, 2.75) is 40.0 Å². The summed E-state index contributed by atoms with van der Waals surface area (Å²) >= 11 is 0. The first kappa shape index (κ1) is 10.1. The number of hydrogen-bond acceptors (Lipinski definition) is 1. The molecule has 0 amide bonds. The molecule has 0 aliphatic carbocycles. The Balaban J connectivity index is 3.13. The van der Waals surface area contributed by atoms with Crippen LogP contribution in [0.1, 0.15) is 37.0 Å². The van der Waals surface area contributed by atoms with Gasteiger partial charge in [-0.3, -0.25) is 0 Å². The molecule has 72 valence electrons. The Morgan fingerprint density at radius 2 is 1.92 bits per heavy atom. The molecule has 0 saturated heterocycles. The van der Waals surface area contributed by atoms with Crippen molar-refractivity contribution < 1.29 is 5.11 Å². The van der Waals surface area contributed by atoms with Gasteiger partial charge in [0, 0.05) is 0 Å². The van der Waals surface area contributed by atoms with Crippen LogP contribution >= 0.6 is 0 Å². The third-order valence-electron chi connectivity index (χ3n) is 2.34. The molecule has 1 heteroatoms. The summed E-state index contributed by atoms with van der Waals surface area (Å²) in [6.45, 7) is 6.28. The maximum Gasteiger partial charge on any atom is 0.119 e. The smallest absolute Gasteiger partial charge is 0.119 e. The summed E-state index contributed by atoms with van der Waals surface area (Å²) < 4.78 is 0. The highest BCUT2D eigenvalue weighted by molar-refractivity contribution is 5.42. The molecule has 0 radical (unpaired) electrons. The van der Waals surface area contributed by atoms with E-state index in [0.29, 0.717) is 5.75 Å². The lowest BCUT2D eigenvalue weighted by molar-refractivity contribution is 0.467. The van der Waals surface area contributed by atoms with Gasteiger partial charge in [-0.2, -0.15) is 0 Å². The Morgan fingerprint density at radius 1 is 1.23 bits per heavy atom. The Hall–Kier alpha value is -0.980. The molecular formula is C12H18O. The fourth-order valence-electron chi connectivity index (χ4n) is 1.77. The average molecular weight is 178 g/mol. The molecule has 0 saturated carbocycles. The topological polar surface area (TPSA) is 20.2 Å². The van der Waals surface area contributed by atoms with Gasteiger partial charge in [0.1, 0.15) is 5.75 Å². The summed E-state index contributed by atoms with van der Waals surface area (Å²) in [5.74, 6) is 0.464. The van der Waals surface area contributed by atoms with Gasteiger partial charge >= 0.3 is 0 Å². The highest BCUT2D eigenvalue weighted by Crippen LogP contribution is 2.24. The van der Waals surface area contributed by atoms with E-state index < -0.39 is 0 Å². The first-order valence-corrected chi connectivity index (χ1v) is 5.00. The number of phenols is 1.